The predicted molar refractivity (Wildman–Crippen MR) is 71.4 cm³/mol. The first-order valence-electron chi connectivity index (χ1n) is 5.65. The molecule has 18 heavy (non-hydrogen) atoms. The maximum Gasteiger partial charge on any atom is 0.148 e. The van der Waals surface area contributed by atoms with E-state index in [1.807, 2.05) is 32.2 Å². The van der Waals surface area contributed by atoms with E-state index in [4.69, 9.17) is 9.47 Å². The summed E-state index contributed by atoms with van der Waals surface area (Å²) in [6, 6.07) is 5.78. The van der Waals surface area contributed by atoms with E-state index in [9.17, 15) is 0 Å². The van der Waals surface area contributed by atoms with Crippen LogP contribution in [0.3, 0.4) is 0 Å². The highest BCUT2D eigenvalue weighted by atomic mass is 16.5. The Morgan fingerprint density at radius 1 is 1.17 bits per heavy atom. The van der Waals surface area contributed by atoms with E-state index in [0.29, 0.717) is 0 Å². The van der Waals surface area contributed by atoms with Gasteiger partial charge in [-0.3, -0.25) is 5.10 Å². The number of rotatable bonds is 4. The first-order valence-corrected chi connectivity index (χ1v) is 5.65. The van der Waals surface area contributed by atoms with Crippen LogP contribution in [0, 0.1) is 6.92 Å². The summed E-state index contributed by atoms with van der Waals surface area (Å²) in [4.78, 5) is 0. The van der Waals surface area contributed by atoms with Crippen LogP contribution < -0.4 is 14.8 Å². The largest absolute Gasteiger partial charge is 0.497 e. The van der Waals surface area contributed by atoms with E-state index >= 15 is 0 Å². The minimum absolute atomic E-state index is 0.762. The summed E-state index contributed by atoms with van der Waals surface area (Å²) in [5.41, 5.74) is 2.97. The molecule has 96 valence electrons. The molecular formula is C13H17N3O2. The van der Waals surface area contributed by atoms with Crippen molar-refractivity contribution in [3.05, 3.63) is 23.8 Å². The van der Waals surface area contributed by atoms with Crippen LogP contribution in [-0.4, -0.2) is 31.5 Å². The van der Waals surface area contributed by atoms with Crippen molar-refractivity contribution in [3.8, 4) is 22.8 Å². The lowest BCUT2D eigenvalue weighted by Crippen LogP contribution is -1.94. The number of hydrogen-bond donors (Lipinski definition) is 2. The SMILES string of the molecule is CNc1cc(-c2c(C)cc(OC)cc2OC)[nH]n1. The fourth-order valence-electron chi connectivity index (χ4n) is 1.92. The van der Waals surface area contributed by atoms with Crippen LogP contribution in [0.1, 0.15) is 5.56 Å². The number of anilines is 1. The molecule has 2 N–H and O–H groups in total. The quantitative estimate of drug-likeness (QED) is 0.871. The molecule has 0 bridgehead atoms. The van der Waals surface area contributed by atoms with Gasteiger partial charge in [-0.25, -0.2) is 0 Å². The second-order valence-corrected chi connectivity index (χ2v) is 3.94. The summed E-state index contributed by atoms with van der Waals surface area (Å²) in [6.07, 6.45) is 0. The van der Waals surface area contributed by atoms with Gasteiger partial charge in [0.15, 0.2) is 0 Å². The predicted octanol–water partition coefficient (Wildman–Crippen LogP) is 2.44. The molecular weight excluding hydrogens is 230 g/mol. The third-order valence-corrected chi connectivity index (χ3v) is 2.83. The highest BCUT2D eigenvalue weighted by Gasteiger charge is 2.13. The van der Waals surface area contributed by atoms with Crippen molar-refractivity contribution in [2.75, 3.05) is 26.6 Å². The molecule has 2 rings (SSSR count). The van der Waals surface area contributed by atoms with E-state index in [1.54, 1.807) is 14.2 Å². The monoisotopic (exact) mass is 247 g/mol. The molecule has 0 radical (unpaired) electrons. The van der Waals surface area contributed by atoms with E-state index in [-0.39, 0.29) is 0 Å². The molecule has 0 atom stereocenters. The lowest BCUT2D eigenvalue weighted by Gasteiger charge is -2.12. The van der Waals surface area contributed by atoms with Gasteiger partial charge in [-0.15, -0.1) is 0 Å². The zero-order valence-corrected chi connectivity index (χ0v) is 11.0. The van der Waals surface area contributed by atoms with Crippen molar-refractivity contribution in [3.63, 3.8) is 0 Å². The number of aromatic nitrogens is 2. The van der Waals surface area contributed by atoms with Gasteiger partial charge in [0.1, 0.15) is 17.3 Å². The molecule has 0 amide bonds. The van der Waals surface area contributed by atoms with Crippen LogP contribution in [0.15, 0.2) is 18.2 Å². The van der Waals surface area contributed by atoms with Crippen LogP contribution in [-0.2, 0) is 0 Å². The average molecular weight is 247 g/mol. The van der Waals surface area contributed by atoms with Gasteiger partial charge in [0, 0.05) is 24.7 Å². The Labute approximate surface area is 106 Å². The molecule has 0 aliphatic carbocycles. The number of benzene rings is 1. The Hall–Kier alpha value is -2.17. The van der Waals surface area contributed by atoms with Crippen molar-refractivity contribution in [1.82, 2.24) is 10.2 Å². The number of nitrogens with zero attached hydrogens (tertiary/aromatic N) is 1. The third-order valence-electron chi connectivity index (χ3n) is 2.83. The summed E-state index contributed by atoms with van der Waals surface area (Å²) in [5, 5.41) is 10.1. The third kappa shape index (κ3) is 2.11. The number of aryl methyl sites for hydroxylation is 1. The number of hydrogen-bond acceptors (Lipinski definition) is 4. The fraction of sp³-hybridized carbons (Fsp3) is 0.308. The van der Waals surface area contributed by atoms with Crippen molar-refractivity contribution in [2.24, 2.45) is 0 Å². The summed E-state index contributed by atoms with van der Waals surface area (Å²) in [7, 11) is 5.12. The first-order chi connectivity index (χ1) is 8.69. The summed E-state index contributed by atoms with van der Waals surface area (Å²) in [6.45, 7) is 2.01. The Kier molecular flexibility index (Phi) is 3.41. The lowest BCUT2D eigenvalue weighted by molar-refractivity contribution is 0.395. The smallest absolute Gasteiger partial charge is 0.148 e. The van der Waals surface area contributed by atoms with E-state index < -0.39 is 0 Å². The van der Waals surface area contributed by atoms with Gasteiger partial charge in [-0.1, -0.05) is 0 Å². The van der Waals surface area contributed by atoms with Crippen LogP contribution in [0.5, 0.6) is 11.5 Å². The lowest BCUT2D eigenvalue weighted by atomic mass is 10.0. The van der Waals surface area contributed by atoms with E-state index in [0.717, 1.165) is 34.1 Å². The van der Waals surface area contributed by atoms with Crippen molar-refractivity contribution >= 4 is 5.82 Å². The Morgan fingerprint density at radius 3 is 2.50 bits per heavy atom. The summed E-state index contributed by atoms with van der Waals surface area (Å²) < 4.78 is 10.7. The van der Waals surface area contributed by atoms with Crippen molar-refractivity contribution < 1.29 is 9.47 Å². The molecule has 0 unspecified atom stereocenters. The molecule has 0 saturated carbocycles. The first kappa shape index (κ1) is 12.3. The molecule has 0 fully saturated rings. The Balaban J connectivity index is 2.55. The number of nitrogens with one attached hydrogen (secondary N) is 2. The minimum Gasteiger partial charge on any atom is -0.497 e. The summed E-state index contributed by atoms with van der Waals surface area (Å²) in [5.74, 6) is 2.34. The van der Waals surface area contributed by atoms with Crippen molar-refractivity contribution in [2.45, 2.75) is 6.92 Å². The minimum atomic E-state index is 0.762. The fourth-order valence-corrected chi connectivity index (χ4v) is 1.92. The Morgan fingerprint density at radius 2 is 1.94 bits per heavy atom. The Bertz CT molecular complexity index is 549. The number of aromatic amines is 1. The van der Waals surface area contributed by atoms with Gasteiger partial charge in [-0.2, -0.15) is 5.10 Å². The van der Waals surface area contributed by atoms with Gasteiger partial charge >= 0.3 is 0 Å². The highest BCUT2D eigenvalue weighted by molar-refractivity contribution is 5.74. The molecule has 0 aliphatic heterocycles. The number of ether oxygens (including phenoxy) is 2. The van der Waals surface area contributed by atoms with E-state index in [2.05, 4.69) is 15.5 Å². The topological polar surface area (TPSA) is 59.2 Å². The molecule has 0 aliphatic rings. The zero-order valence-electron chi connectivity index (χ0n) is 11.0. The molecule has 5 heteroatoms. The van der Waals surface area contributed by atoms with Crippen LogP contribution in [0.25, 0.3) is 11.3 Å². The van der Waals surface area contributed by atoms with Crippen LogP contribution in [0.2, 0.25) is 0 Å². The molecule has 0 saturated heterocycles. The van der Waals surface area contributed by atoms with Gasteiger partial charge in [0.2, 0.25) is 0 Å². The normalized spacial score (nSPS) is 10.2. The second-order valence-electron chi connectivity index (χ2n) is 3.94. The number of methoxy groups -OCH3 is 2. The van der Waals surface area contributed by atoms with Crippen LogP contribution in [0.4, 0.5) is 5.82 Å². The average Bonchev–Trinajstić information content (AvgIpc) is 2.85. The highest BCUT2D eigenvalue weighted by Crippen LogP contribution is 2.36. The van der Waals surface area contributed by atoms with Gasteiger partial charge in [0.25, 0.3) is 0 Å². The van der Waals surface area contributed by atoms with Crippen molar-refractivity contribution in [1.29, 1.82) is 0 Å². The van der Waals surface area contributed by atoms with Crippen LogP contribution >= 0.6 is 0 Å². The maximum absolute atomic E-state index is 5.42. The van der Waals surface area contributed by atoms with E-state index in [1.165, 1.54) is 0 Å². The molecule has 5 nitrogen and oxygen atoms in total. The summed E-state index contributed by atoms with van der Waals surface area (Å²) >= 11 is 0. The number of H-pyrrole nitrogens is 1. The van der Waals surface area contributed by atoms with Gasteiger partial charge in [-0.05, 0) is 18.6 Å². The molecule has 1 aromatic heterocycles. The van der Waals surface area contributed by atoms with Gasteiger partial charge < -0.3 is 14.8 Å². The zero-order chi connectivity index (χ0) is 13.1. The molecule has 1 aromatic carbocycles. The van der Waals surface area contributed by atoms with Gasteiger partial charge in [0.05, 0.1) is 19.9 Å². The molecule has 2 aromatic rings. The second kappa shape index (κ2) is 5.00. The molecule has 0 spiro atoms. The molecule has 1 heterocycles. The maximum atomic E-state index is 5.42. The standard InChI is InChI=1S/C13H17N3O2/c1-8-5-9(17-3)6-11(18-4)13(8)10-7-12(14-2)16-15-10/h5-7H,1-4H3,(H2,14,15,16).